The maximum Gasteiger partial charge on any atom is 0.277 e. The van der Waals surface area contributed by atoms with Crippen LogP contribution in [0.25, 0.3) is 11.5 Å². The normalized spacial score (nSPS) is 10.3. The number of nitrogens with one attached hydrogen (secondary N) is 1. The van der Waals surface area contributed by atoms with Crippen LogP contribution in [-0.4, -0.2) is 36.1 Å². The molecular formula is C19H15ClN4O4S. The van der Waals surface area contributed by atoms with Crippen molar-refractivity contribution in [2.75, 3.05) is 25.3 Å². The molecule has 3 rings (SSSR count). The minimum Gasteiger partial charge on any atom is -0.493 e. The van der Waals surface area contributed by atoms with Gasteiger partial charge < -0.3 is 19.2 Å². The summed E-state index contributed by atoms with van der Waals surface area (Å²) in [6.45, 7) is 0. The fourth-order valence-corrected chi connectivity index (χ4v) is 3.12. The average molecular weight is 431 g/mol. The number of nitriles is 1. The van der Waals surface area contributed by atoms with E-state index >= 15 is 0 Å². The first-order valence-electron chi connectivity index (χ1n) is 8.22. The maximum absolute atomic E-state index is 12.2. The van der Waals surface area contributed by atoms with E-state index in [-0.39, 0.29) is 22.8 Å². The zero-order valence-electron chi connectivity index (χ0n) is 15.4. The van der Waals surface area contributed by atoms with Crippen LogP contribution < -0.4 is 14.8 Å². The largest absolute Gasteiger partial charge is 0.493 e. The van der Waals surface area contributed by atoms with E-state index in [0.29, 0.717) is 33.3 Å². The predicted molar refractivity (Wildman–Crippen MR) is 108 cm³/mol. The van der Waals surface area contributed by atoms with E-state index in [0.717, 1.165) is 11.8 Å². The molecule has 0 fully saturated rings. The van der Waals surface area contributed by atoms with Gasteiger partial charge in [-0.15, -0.1) is 10.2 Å². The van der Waals surface area contributed by atoms with Gasteiger partial charge >= 0.3 is 0 Å². The molecule has 0 atom stereocenters. The van der Waals surface area contributed by atoms with Crippen molar-refractivity contribution >= 4 is 35.0 Å². The van der Waals surface area contributed by atoms with Crippen molar-refractivity contribution in [3.8, 4) is 29.0 Å². The molecular weight excluding hydrogens is 416 g/mol. The number of halogens is 1. The summed E-state index contributed by atoms with van der Waals surface area (Å²) in [6.07, 6.45) is 0. The summed E-state index contributed by atoms with van der Waals surface area (Å²) in [5, 5.41) is 20.3. The molecule has 3 aromatic rings. The van der Waals surface area contributed by atoms with Crippen LogP contribution in [-0.2, 0) is 4.79 Å². The number of anilines is 1. The standard InChI is InChI=1S/C19H15ClN4O4S/c1-26-15-6-4-11(7-16(15)27-2)18-23-24-19(28-18)29-10-17(25)22-14-8-13(20)5-3-12(14)9-21/h3-8H,10H2,1-2H3,(H,22,25). The quantitative estimate of drug-likeness (QED) is 0.560. The number of hydrogen-bond acceptors (Lipinski definition) is 8. The minimum absolute atomic E-state index is 0.0188. The summed E-state index contributed by atoms with van der Waals surface area (Å²) in [6, 6.07) is 11.9. The monoisotopic (exact) mass is 430 g/mol. The Morgan fingerprint density at radius 2 is 2.00 bits per heavy atom. The zero-order chi connectivity index (χ0) is 20.8. The molecule has 0 aliphatic rings. The van der Waals surface area contributed by atoms with E-state index < -0.39 is 0 Å². The molecule has 2 aromatic carbocycles. The van der Waals surface area contributed by atoms with Crippen LogP contribution in [0.2, 0.25) is 5.02 Å². The van der Waals surface area contributed by atoms with Crippen molar-refractivity contribution < 1.29 is 18.7 Å². The molecule has 0 saturated heterocycles. The van der Waals surface area contributed by atoms with Gasteiger partial charge in [0.1, 0.15) is 6.07 Å². The molecule has 0 aliphatic carbocycles. The molecule has 0 saturated carbocycles. The van der Waals surface area contributed by atoms with Crippen LogP contribution in [0.3, 0.4) is 0 Å². The lowest BCUT2D eigenvalue weighted by atomic mass is 10.2. The number of amides is 1. The summed E-state index contributed by atoms with van der Waals surface area (Å²) >= 11 is 6.99. The third-order valence-electron chi connectivity index (χ3n) is 3.74. The van der Waals surface area contributed by atoms with Gasteiger partial charge in [0.15, 0.2) is 11.5 Å². The second kappa shape index (κ2) is 9.32. The SMILES string of the molecule is COc1ccc(-c2nnc(SCC(=O)Nc3cc(Cl)ccc3C#N)o2)cc1OC. The topological polar surface area (TPSA) is 110 Å². The number of hydrogen-bond donors (Lipinski definition) is 1. The summed E-state index contributed by atoms with van der Waals surface area (Å²) < 4.78 is 16.1. The molecule has 1 heterocycles. The molecule has 10 heteroatoms. The Labute approximate surface area is 175 Å². The van der Waals surface area contributed by atoms with Crippen molar-refractivity contribution in [1.82, 2.24) is 10.2 Å². The summed E-state index contributed by atoms with van der Waals surface area (Å²) in [5.41, 5.74) is 1.33. The van der Waals surface area contributed by atoms with Gasteiger partial charge in [-0.2, -0.15) is 5.26 Å². The highest BCUT2D eigenvalue weighted by Gasteiger charge is 2.14. The van der Waals surface area contributed by atoms with E-state index in [1.54, 1.807) is 37.4 Å². The van der Waals surface area contributed by atoms with Crippen molar-refractivity contribution in [2.45, 2.75) is 5.22 Å². The van der Waals surface area contributed by atoms with Crippen molar-refractivity contribution in [2.24, 2.45) is 0 Å². The Morgan fingerprint density at radius 1 is 1.21 bits per heavy atom. The van der Waals surface area contributed by atoms with Crippen molar-refractivity contribution in [1.29, 1.82) is 5.26 Å². The Morgan fingerprint density at radius 3 is 2.72 bits per heavy atom. The Kier molecular flexibility index (Phi) is 6.59. The van der Waals surface area contributed by atoms with Gasteiger partial charge in [-0.3, -0.25) is 4.79 Å². The van der Waals surface area contributed by atoms with Gasteiger partial charge in [0.25, 0.3) is 5.22 Å². The second-order valence-electron chi connectivity index (χ2n) is 5.58. The van der Waals surface area contributed by atoms with Gasteiger partial charge in [0.2, 0.25) is 11.8 Å². The van der Waals surface area contributed by atoms with E-state index in [1.165, 1.54) is 13.2 Å². The van der Waals surface area contributed by atoms with Crippen LogP contribution in [0.15, 0.2) is 46.0 Å². The van der Waals surface area contributed by atoms with E-state index in [9.17, 15) is 4.79 Å². The third kappa shape index (κ3) is 4.99. The number of benzene rings is 2. The van der Waals surface area contributed by atoms with Crippen LogP contribution >= 0.6 is 23.4 Å². The van der Waals surface area contributed by atoms with Gasteiger partial charge in [0, 0.05) is 10.6 Å². The molecule has 29 heavy (non-hydrogen) atoms. The first kappa shape index (κ1) is 20.5. The third-order valence-corrected chi connectivity index (χ3v) is 4.79. The highest BCUT2D eigenvalue weighted by atomic mass is 35.5. The molecule has 1 amide bonds. The van der Waals surface area contributed by atoms with Crippen LogP contribution in [0.5, 0.6) is 11.5 Å². The van der Waals surface area contributed by atoms with Gasteiger partial charge in [0.05, 0.1) is 31.2 Å². The Hall–Kier alpha value is -3.22. The molecule has 1 N–H and O–H groups in total. The Bertz CT molecular complexity index is 1080. The molecule has 0 radical (unpaired) electrons. The molecule has 0 unspecified atom stereocenters. The van der Waals surface area contributed by atoms with Crippen LogP contribution in [0.4, 0.5) is 5.69 Å². The molecule has 8 nitrogen and oxygen atoms in total. The fourth-order valence-electron chi connectivity index (χ4n) is 2.38. The molecule has 0 spiro atoms. The van der Waals surface area contributed by atoms with Gasteiger partial charge in [-0.25, -0.2) is 0 Å². The minimum atomic E-state index is -0.334. The fraction of sp³-hybridized carbons (Fsp3) is 0.158. The van der Waals surface area contributed by atoms with Crippen LogP contribution in [0.1, 0.15) is 5.56 Å². The highest BCUT2D eigenvalue weighted by Crippen LogP contribution is 2.32. The first-order chi connectivity index (χ1) is 14.0. The molecule has 0 bridgehead atoms. The maximum atomic E-state index is 12.2. The van der Waals surface area contributed by atoms with E-state index in [4.69, 9.17) is 30.8 Å². The number of aromatic nitrogens is 2. The van der Waals surface area contributed by atoms with Crippen molar-refractivity contribution in [3.05, 3.63) is 47.0 Å². The van der Waals surface area contributed by atoms with Gasteiger partial charge in [-0.1, -0.05) is 23.4 Å². The zero-order valence-corrected chi connectivity index (χ0v) is 17.0. The average Bonchev–Trinajstić information content (AvgIpc) is 3.21. The van der Waals surface area contributed by atoms with Crippen LogP contribution in [0, 0.1) is 11.3 Å². The van der Waals surface area contributed by atoms with Crippen molar-refractivity contribution in [3.63, 3.8) is 0 Å². The van der Waals surface area contributed by atoms with E-state index in [1.807, 2.05) is 6.07 Å². The summed E-state index contributed by atoms with van der Waals surface area (Å²) in [4.78, 5) is 12.2. The number of ether oxygens (including phenoxy) is 2. The lowest BCUT2D eigenvalue weighted by Crippen LogP contribution is -2.15. The number of carbonyl (C=O) groups excluding carboxylic acids is 1. The molecule has 0 aliphatic heterocycles. The lowest BCUT2D eigenvalue weighted by Gasteiger charge is -2.07. The number of carbonyl (C=O) groups is 1. The predicted octanol–water partition coefficient (Wildman–Crippen LogP) is 4.01. The number of thioether (sulfide) groups is 1. The second-order valence-corrected chi connectivity index (χ2v) is 6.94. The lowest BCUT2D eigenvalue weighted by molar-refractivity contribution is -0.113. The summed E-state index contributed by atoms with van der Waals surface area (Å²) in [7, 11) is 3.08. The summed E-state index contributed by atoms with van der Waals surface area (Å²) in [5.74, 6) is 1.09. The number of methoxy groups -OCH3 is 2. The van der Waals surface area contributed by atoms with E-state index in [2.05, 4.69) is 15.5 Å². The Balaban J connectivity index is 1.65. The molecule has 148 valence electrons. The smallest absolute Gasteiger partial charge is 0.277 e. The molecule has 1 aromatic heterocycles. The highest BCUT2D eigenvalue weighted by molar-refractivity contribution is 7.99. The number of rotatable bonds is 7. The van der Waals surface area contributed by atoms with Gasteiger partial charge in [-0.05, 0) is 36.4 Å². The number of nitrogens with zero attached hydrogens (tertiary/aromatic N) is 3. The first-order valence-corrected chi connectivity index (χ1v) is 9.58.